The molecule has 3 nitrogen and oxygen atoms in total. The second-order valence-electron chi connectivity index (χ2n) is 3.96. The second-order valence-corrected chi connectivity index (χ2v) is 4.75. The smallest absolute Gasteiger partial charge is 0.338 e. The van der Waals surface area contributed by atoms with Crippen LogP contribution in [-0.2, 0) is 6.61 Å². The highest BCUT2D eigenvalue weighted by molar-refractivity contribution is 6.42. The highest BCUT2D eigenvalue weighted by Gasteiger charge is 2.11. The van der Waals surface area contributed by atoms with Gasteiger partial charge in [0, 0.05) is 0 Å². The molecule has 104 valence electrons. The van der Waals surface area contributed by atoms with Crippen molar-refractivity contribution in [2.45, 2.75) is 6.61 Å². The fraction of sp³-hybridized carbons (Fsp3) is 0.0714. The summed E-state index contributed by atoms with van der Waals surface area (Å²) in [5.41, 5.74) is 0.114. The van der Waals surface area contributed by atoms with Gasteiger partial charge in [0.1, 0.15) is 23.2 Å². The van der Waals surface area contributed by atoms with Crippen LogP contribution in [0.3, 0.4) is 0 Å². The van der Waals surface area contributed by atoms with E-state index >= 15 is 0 Å². The monoisotopic (exact) mass is 314 g/mol. The Morgan fingerprint density at radius 1 is 1.25 bits per heavy atom. The molecule has 0 saturated heterocycles. The lowest BCUT2D eigenvalue weighted by Crippen LogP contribution is -2.03. The predicted molar refractivity (Wildman–Crippen MR) is 74.2 cm³/mol. The largest absolute Gasteiger partial charge is 0.487 e. The van der Waals surface area contributed by atoms with Gasteiger partial charge in [-0.15, -0.1) is 0 Å². The molecule has 0 aliphatic heterocycles. The second kappa shape index (κ2) is 6.11. The van der Waals surface area contributed by atoms with Gasteiger partial charge >= 0.3 is 5.97 Å². The number of hydrogen-bond donors (Lipinski definition) is 1. The van der Waals surface area contributed by atoms with Crippen molar-refractivity contribution in [3.05, 3.63) is 63.4 Å². The van der Waals surface area contributed by atoms with Crippen LogP contribution >= 0.6 is 23.2 Å². The Hall–Kier alpha value is -1.78. The van der Waals surface area contributed by atoms with Crippen LogP contribution < -0.4 is 4.74 Å². The maximum Gasteiger partial charge on any atom is 0.338 e. The van der Waals surface area contributed by atoms with Crippen LogP contribution in [0.2, 0.25) is 10.0 Å². The molecule has 20 heavy (non-hydrogen) atoms. The molecule has 0 saturated carbocycles. The van der Waals surface area contributed by atoms with Crippen molar-refractivity contribution in [3.63, 3.8) is 0 Å². The van der Waals surface area contributed by atoms with E-state index in [9.17, 15) is 9.18 Å². The van der Waals surface area contributed by atoms with E-state index in [0.717, 1.165) is 6.07 Å². The van der Waals surface area contributed by atoms with E-state index in [2.05, 4.69) is 0 Å². The first kappa shape index (κ1) is 14.6. The minimum Gasteiger partial charge on any atom is -0.487 e. The van der Waals surface area contributed by atoms with Crippen molar-refractivity contribution in [2.75, 3.05) is 0 Å². The maximum atomic E-state index is 13.2. The van der Waals surface area contributed by atoms with Gasteiger partial charge in [0.25, 0.3) is 0 Å². The molecule has 0 heterocycles. The molecule has 0 amide bonds. The average Bonchev–Trinajstić information content (AvgIpc) is 2.41. The number of halogens is 3. The number of rotatable bonds is 4. The lowest BCUT2D eigenvalue weighted by Gasteiger charge is -2.09. The van der Waals surface area contributed by atoms with Gasteiger partial charge in [-0.2, -0.15) is 0 Å². The fourth-order valence-electron chi connectivity index (χ4n) is 1.58. The van der Waals surface area contributed by atoms with Gasteiger partial charge in [0.15, 0.2) is 0 Å². The number of carboxylic acid groups (broad SMARTS) is 1. The minimum atomic E-state index is -1.33. The summed E-state index contributed by atoms with van der Waals surface area (Å²) >= 11 is 11.8. The zero-order chi connectivity index (χ0) is 14.7. The molecule has 2 aromatic rings. The fourth-order valence-corrected chi connectivity index (χ4v) is 1.93. The highest BCUT2D eigenvalue weighted by atomic mass is 35.5. The van der Waals surface area contributed by atoms with Gasteiger partial charge in [-0.1, -0.05) is 35.3 Å². The summed E-state index contributed by atoms with van der Waals surface area (Å²) in [5.74, 6) is -1.74. The molecule has 0 atom stereocenters. The molecule has 0 aromatic heterocycles. The molecule has 0 fully saturated rings. The van der Waals surface area contributed by atoms with Crippen LogP contribution in [-0.4, -0.2) is 11.1 Å². The third-order valence-corrected chi connectivity index (χ3v) is 3.37. The standard InChI is InChI=1S/C14H9Cl2FO3/c15-10-2-1-3-12(13(10)16)20-7-8-4-5-11(17)9(6-8)14(18)19/h1-6H,7H2,(H,18,19). The van der Waals surface area contributed by atoms with Crippen molar-refractivity contribution in [1.29, 1.82) is 0 Å². The van der Waals surface area contributed by atoms with Gasteiger partial charge < -0.3 is 9.84 Å². The van der Waals surface area contributed by atoms with Crippen molar-refractivity contribution < 1.29 is 19.0 Å². The Bertz CT molecular complexity index is 659. The van der Waals surface area contributed by atoms with Crippen molar-refractivity contribution in [3.8, 4) is 5.75 Å². The molecular weight excluding hydrogens is 306 g/mol. The first-order valence-electron chi connectivity index (χ1n) is 5.57. The Kier molecular flexibility index (Phi) is 4.47. The number of hydrogen-bond acceptors (Lipinski definition) is 2. The molecule has 0 radical (unpaired) electrons. The lowest BCUT2D eigenvalue weighted by atomic mass is 10.1. The molecule has 0 spiro atoms. The maximum absolute atomic E-state index is 13.2. The van der Waals surface area contributed by atoms with E-state index in [1.165, 1.54) is 12.1 Å². The van der Waals surface area contributed by atoms with E-state index in [0.29, 0.717) is 16.3 Å². The topological polar surface area (TPSA) is 46.5 Å². The number of benzene rings is 2. The first-order valence-corrected chi connectivity index (χ1v) is 6.33. The van der Waals surface area contributed by atoms with Crippen LogP contribution in [0.4, 0.5) is 4.39 Å². The SMILES string of the molecule is O=C(O)c1cc(COc2cccc(Cl)c2Cl)ccc1F. The van der Waals surface area contributed by atoms with Crippen LogP contribution in [0.5, 0.6) is 5.75 Å². The number of aromatic carboxylic acids is 1. The molecule has 1 N–H and O–H groups in total. The Balaban J connectivity index is 2.17. The summed E-state index contributed by atoms with van der Waals surface area (Å²) in [6.07, 6.45) is 0. The van der Waals surface area contributed by atoms with Crippen molar-refractivity contribution in [2.24, 2.45) is 0 Å². The van der Waals surface area contributed by atoms with Crippen molar-refractivity contribution >= 4 is 29.2 Å². The Morgan fingerprint density at radius 3 is 2.70 bits per heavy atom. The van der Waals surface area contributed by atoms with Gasteiger partial charge in [0.05, 0.1) is 10.6 Å². The summed E-state index contributed by atoms with van der Waals surface area (Å²) in [5, 5.41) is 9.47. The van der Waals surface area contributed by atoms with E-state index in [1.807, 2.05) is 0 Å². The zero-order valence-electron chi connectivity index (χ0n) is 10.1. The Morgan fingerprint density at radius 2 is 2.00 bits per heavy atom. The molecule has 6 heteroatoms. The zero-order valence-corrected chi connectivity index (χ0v) is 11.6. The number of carboxylic acids is 1. The molecule has 0 bridgehead atoms. The lowest BCUT2D eigenvalue weighted by molar-refractivity contribution is 0.0691. The van der Waals surface area contributed by atoms with Crippen LogP contribution in [0, 0.1) is 5.82 Å². The third kappa shape index (κ3) is 3.21. The number of ether oxygens (including phenoxy) is 1. The summed E-state index contributed by atoms with van der Waals surface area (Å²) in [7, 11) is 0. The first-order chi connectivity index (χ1) is 9.49. The van der Waals surface area contributed by atoms with Crippen LogP contribution in [0.25, 0.3) is 0 Å². The van der Waals surface area contributed by atoms with E-state index < -0.39 is 17.3 Å². The van der Waals surface area contributed by atoms with E-state index in [4.69, 9.17) is 33.0 Å². The van der Waals surface area contributed by atoms with Gasteiger partial charge in [-0.3, -0.25) is 0 Å². The van der Waals surface area contributed by atoms with Gasteiger partial charge in [0.2, 0.25) is 0 Å². The van der Waals surface area contributed by atoms with Gasteiger partial charge in [-0.25, -0.2) is 9.18 Å². The quantitative estimate of drug-likeness (QED) is 0.909. The summed E-state index contributed by atoms with van der Waals surface area (Å²) < 4.78 is 18.7. The summed E-state index contributed by atoms with van der Waals surface area (Å²) in [6.45, 7) is 0.0562. The molecule has 0 aliphatic carbocycles. The third-order valence-electron chi connectivity index (χ3n) is 2.57. The van der Waals surface area contributed by atoms with E-state index in [-0.39, 0.29) is 11.6 Å². The summed E-state index contributed by atoms with van der Waals surface area (Å²) in [6, 6.07) is 8.68. The molecule has 2 rings (SSSR count). The number of carbonyl (C=O) groups is 1. The van der Waals surface area contributed by atoms with Gasteiger partial charge in [-0.05, 0) is 29.8 Å². The normalized spacial score (nSPS) is 10.3. The molecule has 0 unspecified atom stereocenters. The predicted octanol–water partition coefficient (Wildman–Crippen LogP) is 4.41. The van der Waals surface area contributed by atoms with Crippen LogP contribution in [0.1, 0.15) is 15.9 Å². The average molecular weight is 315 g/mol. The Labute approximate surface area is 124 Å². The summed E-state index contributed by atoms with van der Waals surface area (Å²) in [4.78, 5) is 10.8. The van der Waals surface area contributed by atoms with Crippen molar-refractivity contribution in [1.82, 2.24) is 0 Å². The van der Waals surface area contributed by atoms with E-state index in [1.54, 1.807) is 18.2 Å². The molecule has 0 aliphatic rings. The minimum absolute atomic E-state index is 0.0562. The highest BCUT2D eigenvalue weighted by Crippen LogP contribution is 2.31. The molecule has 2 aromatic carbocycles. The molecular formula is C14H9Cl2FO3. The van der Waals surface area contributed by atoms with Crippen LogP contribution in [0.15, 0.2) is 36.4 Å².